The fourth-order valence-corrected chi connectivity index (χ4v) is 2.83. The molecule has 0 saturated carbocycles. The molecule has 0 spiro atoms. The maximum atomic E-state index is 12.3. The van der Waals surface area contributed by atoms with E-state index in [-0.39, 0.29) is 29.4 Å². The summed E-state index contributed by atoms with van der Waals surface area (Å²) in [7, 11) is 0. The fraction of sp³-hybridized carbons (Fsp3) is 0.533. The quantitative estimate of drug-likeness (QED) is 0.867. The third kappa shape index (κ3) is 3.21. The monoisotopic (exact) mass is 322 g/mol. The summed E-state index contributed by atoms with van der Waals surface area (Å²) in [5.74, 6) is -1.85. The molecule has 2 amide bonds. The summed E-state index contributed by atoms with van der Waals surface area (Å²) < 4.78 is 10.4. The summed E-state index contributed by atoms with van der Waals surface area (Å²) in [6.07, 6.45) is 1.31. The Bertz CT molecular complexity index is 611. The maximum absolute atomic E-state index is 12.3. The van der Waals surface area contributed by atoms with Gasteiger partial charge in [0.2, 0.25) is 5.76 Å². The van der Waals surface area contributed by atoms with E-state index in [0.29, 0.717) is 32.8 Å². The molecule has 8 heteroatoms. The number of carbonyl (C=O) groups is 3. The Balaban J connectivity index is 1.56. The van der Waals surface area contributed by atoms with E-state index in [2.05, 4.69) is 0 Å². The van der Waals surface area contributed by atoms with Crippen LogP contribution in [0.4, 0.5) is 0 Å². The van der Waals surface area contributed by atoms with E-state index in [9.17, 15) is 14.4 Å². The van der Waals surface area contributed by atoms with Crippen LogP contribution in [0.2, 0.25) is 0 Å². The van der Waals surface area contributed by atoms with Gasteiger partial charge in [0.1, 0.15) is 6.10 Å². The predicted molar refractivity (Wildman–Crippen MR) is 77.1 cm³/mol. The highest BCUT2D eigenvalue weighted by Gasteiger charge is 2.32. The molecule has 0 aliphatic carbocycles. The summed E-state index contributed by atoms with van der Waals surface area (Å²) in [5.41, 5.74) is 0. The van der Waals surface area contributed by atoms with Crippen LogP contribution in [-0.4, -0.2) is 71.6 Å². The highest BCUT2D eigenvalue weighted by atomic mass is 16.5. The molecule has 3 rings (SSSR count). The molecular weight excluding hydrogens is 304 g/mol. The van der Waals surface area contributed by atoms with Crippen LogP contribution in [-0.2, 0) is 9.53 Å². The molecule has 1 unspecified atom stereocenters. The number of amides is 2. The molecule has 1 aromatic rings. The average Bonchev–Trinajstić information content (AvgIpc) is 3.25. The van der Waals surface area contributed by atoms with Gasteiger partial charge < -0.3 is 24.1 Å². The Morgan fingerprint density at radius 1 is 1.04 bits per heavy atom. The minimum atomic E-state index is -1.21. The van der Waals surface area contributed by atoms with Crippen LogP contribution in [0, 0.1) is 0 Å². The number of carboxylic acid groups (broad SMARTS) is 1. The maximum Gasteiger partial charge on any atom is 0.371 e. The average molecular weight is 322 g/mol. The number of aromatic carboxylic acids is 1. The van der Waals surface area contributed by atoms with Crippen LogP contribution in [0.3, 0.4) is 0 Å². The van der Waals surface area contributed by atoms with Gasteiger partial charge in [0.05, 0.1) is 0 Å². The van der Waals surface area contributed by atoms with Gasteiger partial charge in [0.25, 0.3) is 11.8 Å². The smallest absolute Gasteiger partial charge is 0.371 e. The van der Waals surface area contributed by atoms with Crippen molar-refractivity contribution in [2.24, 2.45) is 0 Å². The number of rotatable bonds is 3. The molecule has 2 saturated heterocycles. The van der Waals surface area contributed by atoms with Crippen molar-refractivity contribution in [3.63, 3.8) is 0 Å². The van der Waals surface area contributed by atoms with E-state index in [1.54, 1.807) is 9.80 Å². The molecule has 3 heterocycles. The molecule has 0 radical (unpaired) electrons. The predicted octanol–water partition coefficient (Wildman–Crippen LogP) is 0.441. The highest BCUT2D eigenvalue weighted by molar-refractivity contribution is 5.93. The lowest BCUT2D eigenvalue weighted by molar-refractivity contribution is -0.142. The van der Waals surface area contributed by atoms with Crippen LogP contribution < -0.4 is 0 Å². The van der Waals surface area contributed by atoms with Gasteiger partial charge in [-0.05, 0) is 25.0 Å². The molecular formula is C15H18N2O6. The first-order chi connectivity index (χ1) is 11.1. The minimum Gasteiger partial charge on any atom is -0.475 e. The van der Waals surface area contributed by atoms with Crippen LogP contribution in [0.1, 0.15) is 34.0 Å². The molecule has 2 fully saturated rings. The van der Waals surface area contributed by atoms with Gasteiger partial charge in [-0.1, -0.05) is 0 Å². The topological polar surface area (TPSA) is 100 Å². The molecule has 124 valence electrons. The highest BCUT2D eigenvalue weighted by Crippen LogP contribution is 2.17. The molecule has 2 aliphatic rings. The first kappa shape index (κ1) is 15.5. The number of nitrogens with zero attached hydrogens (tertiary/aromatic N) is 2. The summed E-state index contributed by atoms with van der Waals surface area (Å²) in [6.45, 7) is 2.29. The second kappa shape index (κ2) is 6.41. The lowest BCUT2D eigenvalue weighted by atomic mass is 10.2. The summed E-state index contributed by atoms with van der Waals surface area (Å²) in [4.78, 5) is 38.6. The van der Waals surface area contributed by atoms with Crippen LogP contribution in [0.25, 0.3) is 0 Å². The Morgan fingerprint density at radius 3 is 2.26 bits per heavy atom. The van der Waals surface area contributed by atoms with E-state index in [0.717, 1.165) is 12.8 Å². The number of hydrogen-bond acceptors (Lipinski definition) is 5. The van der Waals surface area contributed by atoms with Crippen molar-refractivity contribution >= 4 is 17.8 Å². The van der Waals surface area contributed by atoms with Gasteiger partial charge in [-0.15, -0.1) is 0 Å². The number of piperazine rings is 1. The molecule has 1 N–H and O–H groups in total. The van der Waals surface area contributed by atoms with E-state index in [4.69, 9.17) is 14.3 Å². The van der Waals surface area contributed by atoms with E-state index in [1.807, 2.05) is 0 Å². The summed E-state index contributed by atoms with van der Waals surface area (Å²) in [6, 6.07) is 2.61. The molecule has 0 bridgehead atoms. The number of furan rings is 1. The molecule has 2 aliphatic heterocycles. The van der Waals surface area contributed by atoms with Crippen LogP contribution >= 0.6 is 0 Å². The first-order valence-electron chi connectivity index (χ1n) is 7.59. The zero-order valence-electron chi connectivity index (χ0n) is 12.6. The number of hydrogen-bond donors (Lipinski definition) is 1. The Labute approximate surface area is 132 Å². The third-order valence-electron chi connectivity index (χ3n) is 4.11. The van der Waals surface area contributed by atoms with Gasteiger partial charge in [-0.2, -0.15) is 0 Å². The van der Waals surface area contributed by atoms with E-state index in [1.165, 1.54) is 12.1 Å². The third-order valence-corrected chi connectivity index (χ3v) is 4.11. The van der Waals surface area contributed by atoms with Crippen molar-refractivity contribution < 1.29 is 28.6 Å². The zero-order valence-corrected chi connectivity index (χ0v) is 12.6. The standard InChI is InChI=1S/C15H18N2O6/c18-13(10-2-1-9-22-10)16-5-7-17(8-6-16)14(19)11-3-4-12(23-11)15(20)21/h3-4,10H,1-2,5-9H2,(H,20,21). The van der Waals surface area contributed by atoms with E-state index >= 15 is 0 Å². The first-order valence-corrected chi connectivity index (χ1v) is 7.59. The molecule has 1 atom stereocenters. The SMILES string of the molecule is O=C(O)c1ccc(C(=O)N2CCN(C(=O)C3CCCO3)CC2)o1. The second-order valence-corrected chi connectivity index (χ2v) is 5.59. The van der Waals surface area contributed by atoms with Crippen molar-refractivity contribution in [3.05, 3.63) is 23.7 Å². The summed E-state index contributed by atoms with van der Waals surface area (Å²) >= 11 is 0. The lowest BCUT2D eigenvalue weighted by Crippen LogP contribution is -2.52. The van der Waals surface area contributed by atoms with Crippen LogP contribution in [0.5, 0.6) is 0 Å². The normalized spacial score (nSPS) is 21.5. The van der Waals surface area contributed by atoms with Gasteiger partial charge in [0, 0.05) is 32.8 Å². The van der Waals surface area contributed by atoms with Gasteiger partial charge in [0.15, 0.2) is 5.76 Å². The van der Waals surface area contributed by atoms with Crippen molar-refractivity contribution in [1.29, 1.82) is 0 Å². The van der Waals surface area contributed by atoms with Gasteiger partial charge in [-0.3, -0.25) is 9.59 Å². The van der Waals surface area contributed by atoms with Crippen molar-refractivity contribution in [2.75, 3.05) is 32.8 Å². The van der Waals surface area contributed by atoms with Crippen molar-refractivity contribution in [2.45, 2.75) is 18.9 Å². The Morgan fingerprint density at radius 2 is 1.70 bits per heavy atom. The largest absolute Gasteiger partial charge is 0.475 e. The minimum absolute atomic E-state index is 0.00121. The van der Waals surface area contributed by atoms with Gasteiger partial charge in [-0.25, -0.2) is 4.79 Å². The Kier molecular flexibility index (Phi) is 4.33. The molecule has 23 heavy (non-hydrogen) atoms. The zero-order chi connectivity index (χ0) is 16.4. The lowest BCUT2D eigenvalue weighted by Gasteiger charge is -2.35. The van der Waals surface area contributed by atoms with Crippen molar-refractivity contribution in [1.82, 2.24) is 9.80 Å². The van der Waals surface area contributed by atoms with Crippen LogP contribution in [0.15, 0.2) is 16.5 Å². The summed E-state index contributed by atoms with van der Waals surface area (Å²) in [5, 5.41) is 8.82. The molecule has 0 aromatic carbocycles. The van der Waals surface area contributed by atoms with Gasteiger partial charge >= 0.3 is 5.97 Å². The second-order valence-electron chi connectivity index (χ2n) is 5.59. The number of ether oxygens (including phenoxy) is 1. The number of carboxylic acids is 1. The Hall–Kier alpha value is -2.35. The van der Waals surface area contributed by atoms with E-state index < -0.39 is 5.97 Å². The molecule has 1 aromatic heterocycles. The van der Waals surface area contributed by atoms with Crippen molar-refractivity contribution in [3.8, 4) is 0 Å². The number of carbonyl (C=O) groups excluding carboxylic acids is 2. The molecule has 8 nitrogen and oxygen atoms in total. The fourth-order valence-electron chi connectivity index (χ4n) is 2.83.